The fraction of sp³-hybridized carbons (Fsp3) is 0.500. The topological polar surface area (TPSA) is 64.9 Å². The lowest BCUT2D eigenvalue weighted by Crippen LogP contribution is -3.00. The van der Waals surface area contributed by atoms with Crippen molar-refractivity contribution < 1.29 is 28.0 Å². The molecule has 0 fully saturated rings. The Morgan fingerprint density at radius 2 is 2.30 bits per heavy atom. The lowest BCUT2D eigenvalue weighted by atomic mass is 10.2. The van der Waals surface area contributed by atoms with Crippen molar-refractivity contribution in [2.24, 2.45) is 0 Å². The molecule has 0 aliphatic heterocycles. The Hall–Kier alpha value is -0.540. The van der Waals surface area contributed by atoms with Crippen molar-refractivity contribution >= 4 is 5.97 Å². The van der Waals surface area contributed by atoms with Crippen LogP contribution in [0, 0.1) is 0 Å². The molecule has 60 valence electrons. The monoisotopic (exact) mass is 165 g/mol. The molecule has 3 nitrogen and oxygen atoms in total. The van der Waals surface area contributed by atoms with Crippen molar-refractivity contribution in [2.45, 2.75) is 18.9 Å². The number of quaternary nitrogens is 1. The van der Waals surface area contributed by atoms with Gasteiger partial charge in [0.15, 0.2) is 0 Å². The van der Waals surface area contributed by atoms with E-state index in [2.05, 4.69) is 12.3 Å². The van der Waals surface area contributed by atoms with E-state index in [1.165, 1.54) is 0 Å². The van der Waals surface area contributed by atoms with Gasteiger partial charge in [-0.3, -0.25) is 4.79 Å². The zero-order valence-corrected chi connectivity index (χ0v) is 6.47. The lowest BCUT2D eigenvalue weighted by molar-refractivity contribution is -0.404. The van der Waals surface area contributed by atoms with Gasteiger partial charge in [0.25, 0.3) is 0 Å². The van der Waals surface area contributed by atoms with Gasteiger partial charge in [-0.25, -0.2) is 0 Å². The van der Waals surface area contributed by atoms with Gasteiger partial charge in [-0.1, -0.05) is 6.58 Å². The average molecular weight is 166 g/mol. The summed E-state index contributed by atoms with van der Waals surface area (Å²) in [5.74, 6) is -0.773. The van der Waals surface area contributed by atoms with Crippen LogP contribution in [-0.2, 0) is 4.79 Å². The maximum absolute atomic E-state index is 9.96. The summed E-state index contributed by atoms with van der Waals surface area (Å²) in [7, 11) is 0. The fourth-order valence-electron chi connectivity index (χ4n) is 0.427. The van der Waals surface area contributed by atoms with Crippen molar-refractivity contribution in [3.8, 4) is 0 Å². The molecule has 0 amide bonds. The van der Waals surface area contributed by atoms with Crippen LogP contribution in [0.3, 0.4) is 0 Å². The van der Waals surface area contributed by atoms with Crippen LogP contribution in [0.1, 0.15) is 12.8 Å². The van der Waals surface area contributed by atoms with Crippen LogP contribution < -0.4 is 18.1 Å². The fourth-order valence-corrected chi connectivity index (χ4v) is 0.427. The Kier molecular flexibility index (Phi) is 8.00. The molecule has 0 aliphatic carbocycles. The zero-order valence-electron chi connectivity index (χ0n) is 5.72. The minimum absolute atomic E-state index is 0. The number of carboxylic acid groups (broad SMARTS) is 1. The van der Waals surface area contributed by atoms with Crippen molar-refractivity contribution in [3.05, 3.63) is 12.7 Å². The van der Waals surface area contributed by atoms with E-state index in [1.54, 1.807) is 6.08 Å². The summed E-state index contributed by atoms with van der Waals surface area (Å²) in [6.07, 6.45) is 2.42. The first-order valence-corrected chi connectivity index (χ1v) is 2.84. The Morgan fingerprint density at radius 1 is 1.80 bits per heavy atom. The molecular weight excluding hydrogens is 154 g/mol. The predicted molar refractivity (Wildman–Crippen MR) is 33.7 cm³/mol. The quantitative estimate of drug-likeness (QED) is 0.428. The molecular formula is C6H12ClNO2. The van der Waals surface area contributed by atoms with Gasteiger partial charge in [-0.15, -0.1) is 0 Å². The van der Waals surface area contributed by atoms with Crippen LogP contribution in [0.5, 0.6) is 0 Å². The summed E-state index contributed by atoms with van der Waals surface area (Å²) >= 11 is 0. The smallest absolute Gasteiger partial charge is 0.303 e. The first-order chi connectivity index (χ1) is 4.16. The molecule has 0 rings (SSSR count). The maximum atomic E-state index is 9.96. The Bertz CT molecular complexity index is 116. The highest BCUT2D eigenvalue weighted by Crippen LogP contribution is 1.91. The first-order valence-electron chi connectivity index (χ1n) is 2.84. The van der Waals surface area contributed by atoms with Crippen LogP contribution in [0.15, 0.2) is 12.7 Å². The third-order valence-electron chi connectivity index (χ3n) is 1.06. The van der Waals surface area contributed by atoms with Crippen LogP contribution >= 0.6 is 0 Å². The third kappa shape index (κ3) is 7.46. The van der Waals surface area contributed by atoms with Crippen molar-refractivity contribution in [2.75, 3.05) is 0 Å². The molecule has 0 bridgehead atoms. The second-order valence-corrected chi connectivity index (χ2v) is 1.93. The summed E-state index contributed by atoms with van der Waals surface area (Å²) in [6.45, 7) is 3.48. The number of carbonyl (C=O) groups is 1. The normalized spacial score (nSPS) is 11.3. The highest BCUT2D eigenvalue weighted by molar-refractivity contribution is 5.66. The van der Waals surface area contributed by atoms with Crippen molar-refractivity contribution in [1.82, 2.24) is 0 Å². The van der Waals surface area contributed by atoms with Crippen molar-refractivity contribution in [1.29, 1.82) is 0 Å². The number of hydrogen-bond donors (Lipinski definition) is 2. The van der Waals surface area contributed by atoms with Gasteiger partial charge < -0.3 is 23.2 Å². The molecule has 0 aliphatic rings. The molecule has 4 N–H and O–H groups in total. The maximum Gasteiger partial charge on any atom is 0.303 e. The van der Waals surface area contributed by atoms with E-state index in [1.807, 2.05) is 0 Å². The molecule has 10 heavy (non-hydrogen) atoms. The van der Waals surface area contributed by atoms with Gasteiger partial charge in [0.2, 0.25) is 0 Å². The molecule has 0 saturated heterocycles. The summed E-state index contributed by atoms with van der Waals surface area (Å²) in [5, 5.41) is 8.20. The van der Waals surface area contributed by atoms with Gasteiger partial charge in [0.1, 0.15) is 6.04 Å². The summed E-state index contributed by atoms with van der Waals surface area (Å²) in [6, 6.07) is 0.0705. The largest absolute Gasteiger partial charge is 1.00 e. The highest BCUT2D eigenvalue weighted by atomic mass is 35.5. The third-order valence-corrected chi connectivity index (χ3v) is 1.06. The number of hydrogen-bond acceptors (Lipinski definition) is 1. The van der Waals surface area contributed by atoms with Gasteiger partial charge in [0.05, 0.1) is 6.42 Å². The van der Waals surface area contributed by atoms with E-state index in [0.29, 0.717) is 6.42 Å². The molecule has 4 heteroatoms. The van der Waals surface area contributed by atoms with E-state index in [0.717, 1.165) is 0 Å². The number of rotatable bonds is 4. The van der Waals surface area contributed by atoms with Crippen LogP contribution in [0.2, 0.25) is 0 Å². The van der Waals surface area contributed by atoms with Gasteiger partial charge >= 0.3 is 5.97 Å². The van der Waals surface area contributed by atoms with Gasteiger partial charge in [0, 0.05) is 6.42 Å². The number of carboxylic acids is 1. The highest BCUT2D eigenvalue weighted by Gasteiger charge is 2.02. The van der Waals surface area contributed by atoms with Gasteiger partial charge in [-0.05, 0) is 6.08 Å². The van der Waals surface area contributed by atoms with E-state index >= 15 is 0 Å². The van der Waals surface area contributed by atoms with E-state index in [4.69, 9.17) is 5.11 Å². The molecule has 0 radical (unpaired) electrons. The Labute approximate surface area is 66.3 Å². The summed E-state index contributed by atoms with van der Waals surface area (Å²) in [5.41, 5.74) is 3.65. The summed E-state index contributed by atoms with van der Waals surface area (Å²) in [4.78, 5) is 9.96. The van der Waals surface area contributed by atoms with E-state index < -0.39 is 5.97 Å². The predicted octanol–water partition coefficient (Wildman–Crippen LogP) is -3.35. The Morgan fingerprint density at radius 3 is 2.60 bits per heavy atom. The second kappa shape index (κ2) is 6.58. The standard InChI is InChI=1S/C6H11NO2.ClH/c1-2-5(7)3-4-6(8)9;/h2,5H,1,3-4,7H2,(H,8,9);1H/t5-;/m0./s1. The van der Waals surface area contributed by atoms with Crippen molar-refractivity contribution in [3.63, 3.8) is 0 Å². The van der Waals surface area contributed by atoms with E-state index in [-0.39, 0.29) is 24.9 Å². The summed E-state index contributed by atoms with van der Waals surface area (Å²) < 4.78 is 0. The molecule has 0 aromatic heterocycles. The SMILES string of the molecule is C=C[C@H]([NH3+])CCC(=O)O.[Cl-]. The average Bonchev–Trinajstić information content (AvgIpc) is 1.83. The molecule has 0 unspecified atom stereocenters. The zero-order chi connectivity index (χ0) is 7.28. The van der Waals surface area contributed by atoms with Gasteiger partial charge in [-0.2, -0.15) is 0 Å². The first kappa shape index (κ1) is 12.2. The molecule has 0 aromatic carbocycles. The van der Waals surface area contributed by atoms with Crippen LogP contribution in [0.4, 0.5) is 0 Å². The van der Waals surface area contributed by atoms with E-state index in [9.17, 15) is 4.79 Å². The molecule has 0 saturated carbocycles. The lowest BCUT2D eigenvalue weighted by Gasteiger charge is -1.96. The van der Waals surface area contributed by atoms with Crippen LogP contribution in [0.25, 0.3) is 0 Å². The Balaban J connectivity index is 0. The molecule has 0 spiro atoms. The molecule has 0 heterocycles. The van der Waals surface area contributed by atoms with Crippen LogP contribution in [-0.4, -0.2) is 17.1 Å². The second-order valence-electron chi connectivity index (χ2n) is 1.93. The minimum atomic E-state index is -0.773. The molecule has 0 aromatic rings. The number of halogens is 1. The molecule has 1 atom stereocenters. The minimum Gasteiger partial charge on any atom is -1.00 e. The number of aliphatic carboxylic acids is 1.